The standard InChI is InChI=1S/C11H13ClIN5/c1-2-5-14-7-11-15-16-17-18(11)10-6-8(13)3-4-9(10)12/h3-4,6,14H,2,5,7H2,1H3. The van der Waals surface area contributed by atoms with Gasteiger partial charge in [-0.25, -0.2) is 0 Å². The predicted molar refractivity (Wildman–Crippen MR) is 78.9 cm³/mol. The third-order valence-electron chi connectivity index (χ3n) is 2.38. The lowest BCUT2D eigenvalue weighted by atomic mass is 10.3. The van der Waals surface area contributed by atoms with Gasteiger partial charge in [0.2, 0.25) is 0 Å². The molecule has 0 unspecified atom stereocenters. The zero-order valence-corrected chi connectivity index (χ0v) is 12.8. The third kappa shape index (κ3) is 3.18. The molecule has 0 amide bonds. The van der Waals surface area contributed by atoms with Gasteiger partial charge in [0, 0.05) is 3.57 Å². The van der Waals surface area contributed by atoms with Gasteiger partial charge in [-0.05, 0) is 64.2 Å². The Bertz CT molecular complexity index is 528. The van der Waals surface area contributed by atoms with Crippen LogP contribution in [0.4, 0.5) is 0 Å². The number of halogens is 2. The van der Waals surface area contributed by atoms with E-state index in [-0.39, 0.29) is 0 Å². The van der Waals surface area contributed by atoms with Gasteiger partial charge >= 0.3 is 0 Å². The quantitative estimate of drug-likeness (QED) is 0.642. The molecule has 1 heterocycles. The molecule has 7 heteroatoms. The molecule has 0 atom stereocenters. The Kier molecular flexibility index (Phi) is 4.90. The Labute approximate surface area is 124 Å². The van der Waals surface area contributed by atoms with Crippen LogP contribution in [0.1, 0.15) is 19.2 Å². The van der Waals surface area contributed by atoms with E-state index in [4.69, 9.17) is 11.6 Å². The summed E-state index contributed by atoms with van der Waals surface area (Å²) in [7, 11) is 0. The van der Waals surface area contributed by atoms with E-state index in [1.165, 1.54) is 0 Å². The van der Waals surface area contributed by atoms with Gasteiger partial charge in [0.15, 0.2) is 5.82 Å². The molecule has 2 aromatic rings. The fourth-order valence-electron chi connectivity index (χ4n) is 1.53. The molecule has 5 nitrogen and oxygen atoms in total. The summed E-state index contributed by atoms with van der Waals surface area (Å²) in [6.45, 7) is 3.68. The van der Waals surface area contributed by atoms with Crippen LogP contribution in [0.5, 0.6) is 0 Å². The number of tetrazole rings is 1. The Morgan fingerprint density at radius 3 is 3.06 bits per heavy atom. The summed E-state index contributed by atoms with van der Waals surface area (Å²) in [5.41, 5.74) is 0.807. The molecule has 0 spiro atoms. The van der Waals surface area contributed by atoms with Crippen LogP contribution in [0.2, 0.25) is 5.02 Å². The van der Waals surface area contributed by atoms with Crippen molar-refractivity contribution in [2.45, 2.75) is 19.9 Å². The van der Waals surface area contributed by atoms with E-state index in [0.717, 1.165) is 28.0 Å². The number of rotatable bonds is 5. The van der Waals surface area contributed by atoms with E-state index in [0.29, 0.717) is 11.6 Å². The highest BCUT2D eigenvalue weighted by molar-refractivity contribution is 14.1. The minimum atomic E-state index is 0.628. The lowest BCUT2D eigenvalue weighted by molar-refractivity contribution is 0.633. The van der Waals surface area contributed by atoms with E-state index in [9.17, 15) is 0 Å². The summed E-state index contributed by atoms with van der Waals surface area (Å²) in [4.78, 5) is 0. The van der Waals surface area contributed by atoms with Gasteiger partial charge in [0.25, 0.3) is 0 Å². The van der Waals surface area contributed by atoms with Gasteiger partial charge in [-0.3, -0.25) is 0 Å². The highest BCUT2D eigenvalue weighted by Crippen LogP contribution is 2.22. The van der Waals surface area contributed by atoms with Gasteiger partial charge in [0.1, 0.15) is 0 Å². The summed E-state index contributed by atoms with van der Waals surface area (Å²) in [6, 6.07) is 5.76. The molecule has 1 N–H and O–H groups in total. The SMILES string of the molecule is CCCNCc1nnnn1-c1cc(I)ccc1Cl. The van der Waals surface area contributed by atoms with Crippen molar-refractivity contribution in [3.8, 4) is 5.69 Å². The van der Waals surface area contributed by atoms with Crippen molar-refractivity contribution in [1.82, 2.24) is 25.5 Å². The van der Waals surface area contributed by atoms with Crippen molar-refractivity contribution in [1.29, 1.82) is 0 Å². The molecule has 0 aliphatic carbocycles. The molecule has 0 saturated heterocycles. The van der Waals surface area contributed by atoms with Crippen molar-refractivity contribution in [2.24, 2.45) is 0 Å². The molecular weight excluding hydrogens is 365 g/mol. The van der Waals surface area contributed by atoms with Gasteiger partial charge < -0.3 is 5.32 Å². The summed E-state index contributed by atoms with van der Waals surface area (Å²) in [5.74, 6) is 0.757. The Morgan fingerprint density at radius 1 is 1.44 bits per heavy atom. The molecule has 0 fully saturated rings. The zero-order chi connectivity index (χ0) is 13.0. The molecule has 1 aromatic carbocycles. The van der Waals surface area contributed by atoms with Gasteiger partial charge in [-0.15, -0.1) is 5.10 Å². The van der Waals surface area contributed by atoms with Crippen molar-refractivity contribution in [3.05, 3.63) is 32.6 Å². The maximum absolute atomic E-state index is 6.18. The van der Waals surface area contributed by atoms with Crippen molar-refractivity contribution in [3.63, 3.8) is 0 Å². The van der Waals surface area contributed by atoms with Crippen LogP contribution in [0.3, 0.4) is 0 Å². The van der Waals surface area contributed by atoms with Crippen molar-refractivity contribution < 1.29 is 0 Å². The number of benzene rings is 1. The molecule has 2 rings (SSSR count). The van der Waals surface area contributed by atoms with Crippen LogP contribution in [-0.2, 0) is 6.54 Å². The van der Waals surface area contributed by atoms with Crippen LogP contribution in [0, 0.1) is 3.57 Å². The molecule has 0 radical (unpaired) electrons. The van der Waals surface area contributed by atoms with Crippen LogP contribution in [-0.4, -0.2) is 26.8 Å². The fraction of sp³-hybridized carbons (Fsp3) is 0.364. The first-order chi connectivity index (χ1) is 8.72. The summed E-state index contributed by atoms with van der Waals surface area (Å²) >= 11 is 8.42. The topological polar surface area (TPSA) is 55.6 Å². The monoisotopic (exact) mass is 377 g/mol. The van der Waals surface area contributed by atoms with Crippen LogP contribution in [0.25, 0.3) is 5.69 Å². The summed E-state index contributed by atoms with van der Waals surface area (Å²) in [5, 5.41) is 15.6. The van der Waals surface area contributed by atoms with E-state index >= 15 is 0 Å². The Hall–Kier alpha value is -0.730. The first kappa shape index (κ1) is 13.7. The maximum Gasteiger partial charge on any atom is 0.170 e. The van der Waals surface area contributed by atoms with Crippen molar-refractivity contribution >= 4 is 34.2 Å². The molecular formula is C11H13ClIN5. The lowest BCUT2D eigenvalue weighted by Crippen LogP contribution is -2.17. The number of nitrogens with zero attached hydrogens (tertiary/aromatic N) is 4. The molecule has 0 bridgehead atoms. The highest BCUT2D eigenvalue weighted by atomic mass is 127. The predicted octanol–water partition coefficient (Wildman–Crippen LogP) is 2.42. The fourth-order valence-corrected chi connectivity index (χ4v) is 2.20. The van der Waals surface area contributed by atoms with Gasteiger partial charge in [-0.1, -0.05) is 18.5 Å². The first-order valence-electron chi connectivity index (χ1n) is 5.65. The molecule has 1 aromatic heterocycles. The molecule has 18 heavy (non-hydrogen) atoms. The minimum Gasteiger partial charge on any atom is -0.310 e. The van der Waals surface area contributed by atoms with Gasteiger partial charge in [0.05, 0.1) is 17.3 Å². The van der Waals surface area contributed by atoms with Crippen LogP contribution >= 0.6 is 34.2 Å². The number of hydrogen-bond acceptors (Lipinski definition) is 4. The highest BCUT2D eigenvalue weighted by Gasteiger charge is 2.11. The van der Waals surface area contributed by atoms with E-state index in [1.807, 2.05) is 18.2 Å². The third-order valence-corrected chi connectivity index (χ3v) is 3.37. The van der Waals surface area contributed by atoms with E-state index in [2.05, 4.69) is 50.4 Å². The molecule has 96 valence electrons. The first-order valence-corrected chi connectivity index (χ1v) is 7.11. The second-order valence-corrected chi connectivity index (χ2v) is 5.43. The average molecular weight is 378 g/mol. The lowest BCUT2D eigenvalue weighted by Gasteiger charge is -2.07. The molecule has 0 aliphatic rings. The largest absolute Gasteiger partial charge is 0.310 e. The smallest absolute Gasteiger partial charge is 0.170 e. The summed E-state index contributed by atoms with van der Waals surface area (Å²) in [6.07, 6.45) is 1.07. The second kappa shape index (κ2) is 6.44. The number of hydrogen-bond donors (Lipinski definition) is 1. The average Bonchev–Trinajstić information content (AvgIpc) is 2.81. The summed E-state index contributed by atoms with van der Waals surface area (Å²) < 4.78 is 2.77. The second-order valence-electron chi connectivity index (χ2n) is 3.78. The number of aromatic nitrogens is 4. The van der Waals surface area contributed by atoms with Crippen LogP contribution in [0.15, 0.2) is 18.2 Å². The molecule has 0 aliphatic heterocycles. The van der Waals surface area contributed by atoms with Gasteiger partial charge in [-0.2, -0.15) is 4.68 Å². The van der Waals surface area contributed by atoms with Crippen molar-refractivity contribution in [2.75, 3.05) is 6.54 Å². The Morgan fingerprint density at radius 2 is 2.28 bits per heavy atom. The van der Waals surface area contributed by atoms with Crippen LogP contribution < -0.4 is 5.32 Å². The molecule has 0 saturated carbocycles. The minimum absolute atomic E-state index is 0.628. The zero-order valence-electron chi connectivity index (χ0n) is 9.90. The normalized spacial score (nSPS) is 10.8. The van der Waals surface area contributed by atoms with E-state index < -0.39 is 0 Å². The maximum atomic E-state index is 6.18. The Balaban J connectivity index is 2.27. The number of nitrogens with one attached hydrogen (secondary N) is 1. The van der Waals surface area contributed by atoms with E-state index in [1.54, 1.807) is 4.68 Å².